The van der Waals surface area contributed by atoms with Crippen LogP contribution in [0.2, 0.25) is 0 Å². The number of nitrogens with zero attached hydrogens (tertiary/aromatic N) is 1. The zero-order valence-corrected chi connectivity index (χ0v) is 14.1. The molecule has 0 spiro atoms. The Morgan fingerprint density at radius 2 is 1.54 bits per heavy atom. The van der Waals surface area contributed by atoms with Crippen molar-refractivity contribution in [3.8, 4) is 0 Å². The van der Waals surface area contributed by atoms with Crippen molar-refractivity contribution in [1.82, 2.24) is 4.90 Å². The van der Waals surface area contributed by atoms with Gasteiger partial charge in [-0.25, -0.2) is 0 Å². The van der Waals surface area contributed by atoms with Crippen molar-refractivity contribution in [3.05, 3.63) is 77.9 Å². The monoisotopic (exact) mass is 319 g/mol. The summed E-state index contributed by atoms with van der Waals surface area (Å²) in [4.78, 5) is 15.0. The predicted octanol–water partition coefficient (Wildman–Crippen LogP) is 4.89. The van der Waals surface area contributed by atoms with E-state index in [9.17, 15) is 4.79 Å². The van der Waals surface area contributed by atoms with Crippen LogP contribution < -0.4 is 0 Å². The van der Waals surface area contributed by atoms with E-state index in [1.807, 2.05) is 42.5 Å². The van der Waals surface area contributed by atoms with Crippen molar-refractivity contribution < 1.29 is 4.79 Å². The predicted molar refractivity (Wildman–Crippen MR) is 99.7 cm³/mol. The highest BCUT2D eigenvalue weighted by Crippen LogP contribution is 2.28. The van der Waals surface area contributed by atoms with Crippen LogP contribution >= 0.6 is 0 Å². The summed E-state index contributed by atoms with van der Waals surface area (Å²) in [5.74, 6) is 0.193. The Kier molecular flexibility index (Phi) is 5.97. The number of hydrogen-bond donors (Lipinski definition) is 0. The lowest BCUT2D eigenvalue weighted by atomic mass is 9.97. The molecular weight excluding hydrogens is 294 g/mol. The Morgan fingerprint density at radius 1 is 0.917 bits per heavy atom. The maximum atomic E-state index is 12.5. The number of piperidine rings is 1. The molecular formula is C22H25NO. The van der Waals surface area contributed by atoms with Crippen LogP contribution in [0, 0.1) is 0 Å². The van der Waals surface area contributed by atoms with Crippen LogP contribution in [0.5, 0.6) is 0 Å². The highest BCUT2D eigenvalue weighted by molar-refractivity contribution is 5.94. The summed E-state index contributed by atoms with van der Waals surface area (Å²) < 4.78 is 0. The minimum Gasteiger partial charge on any atom is -0.296 e. The molecule has 1 fully saturated rings. The van der Waals surface area contributed by atoms with Crippen LogP contribution in [0.4, 0.5) is 0 Å². The third-order valence-electron chi connectivity index (χ3n) is 4.67. The van der Waals surface area contributed by atoms with Gasteiger partial charge in [-0.2, -0.15) is 0 Å². The topological polar surface area (TPSA) is 20.3 Å². The van der Waals surface area contributed by atoms with Gasteiger partial charge >= 0.3 is 0 Å². The molecule has 1 heterocycles. The molecule has 1 aliphatic rings. The number of benzene rings is 2. The summed E-state index contributed by atoms with van der Waals surface area (Å²) >= 11 is 0. The molecule has 1 saturated heterocycles. The van der Waals surface area contributed by atoms with Crippen LogP contribution in [0.3, 0.4) is 0 Å². The Bertz CT molecular complexity index is 657. The first-order chi connectivity index (χ1) is 11.8. The third-order valence-corrected chi connectivity index (χ3v) is 4.67. The quantitative estimate of drug-likeness (QED) is 0.707. The number of likely N-dealkylation sites (tertiary alicyclic amines) is 1. The maximum absolute atomic E-state index is 12.5. The lowest BCUT2D eigenvalue weighted by Crippen LogP contribution is -2.34. The van der Waals surface area contributed by atoms with Crippen molar-refractivity contribution in [2.24, 2.45) is 0 Å². The van der Waals surface area contributed by atoms with Gasteiger partial charge in [0.1, 0.15) is 0 Å². The van der Waals surface area contributed by atoms with E-state index in [-0.39, 0.29) is 11.8 Å². The maximum Gasteiger partial charge on any atom is 0.157 e. The Labute approximate surface area is 144 Å². The smallest absolute Gasteiger partial charge is 0.157 e. The summed E-state index contributed by atoms with van der Waals surface area (Å²) in [7, 11) is 0. The molecule has 2 heteroatoms. The molecule has 0 saturated carbocycles. The molecule has 2 aromatic rings. The first-order valence-corrected chi connectivity index (χ1v) is 8.88. The van der Waals surface area contributed by atoms with Crippen LogP contribution in [-0.2, 0) is 4.79 Å². The van der Waals surface area contributed by atoms with Gasteiger partial charge in [0.15, 0.2) is 5.78 Å². The molecule has 1 aliphatic heterocycles. The summed E-state index contributed by atoms with van der Waals surface area (Å²) in [6.45, 7) is 2.19. The highest BCUT2D eigenvalue weighted by atomic mass is 16.1. The van der Waals surface area contributed by atoms with Crippen molar-refractivity contribution in [2.45, 2.75) is 31.7 Å². The Balaban J connectivity index is 1.71. The second-order valence-corrected chi connectivity index (χ2v) is 6.44. The van der Waals surface area contributed by atoms with E-state index in [2.05, 4.69) is 29.2 Å². The first kappa shape index (κ1) is 16.7. The van der Waals surface area contributed by atoms with Crippen molar-refractivity contribution in [2.75, 3.05) is 13.1 Å². The Morgan fingerprint density at radius 3 is 2.21 bits per heavy atom. The van der Waals surface area contributed by atoms with Gasteiger partial charge < -0.3 is 0 Å². The first-order valence-electron chi connectivity index (χ1n) is 8.88. The average molecular weight is 319 g/mol. The molecule has 2 aromatic carbocycles. The summed E-state index contributed by atoms with van der Waals surface area (Å²) in [6, 6.07) is 20.7. The number of carbonyl (C=O) groups is 1. The molecule has 3 rings (SSSR count). The fraction of sp³-hybridized carbons (Fsp3) is 0.318. The van der Waals surface area contributed by atoms with E-state index in [1.54, 1.807) is 6.08 Å². The number of rotatable bonds is 6. The van der Waals surface area contributed by atoms with Crippen LogP contribution in [0.1, 0.15) is 42.9 Å². The second-order valence-electron chi connectivity index (χ2n) is 6.44. The zero-order chi connectivity index (χ0) is 16.6. The number of ketones is 1. The molecule has 0 unspecified atom stereocenters. The van der Waals surface area contributed by atoms with Crippen LogP contribution in [0.25, 0.3) is 6.08 Å². The summed E-state index contributed by atoms with van der Waals surface area (Å²) in [5, 5.41) is 0. The molecule has 0 aromatic heterocycles. The van der Waals surface area contributed by atoms with Crippen LogP contribution in [-0.4, -0.2) is 23.8 Å². The highest BCUT2D eigenvalue weighted by Gasteiger charge is 2.23. The van der Waals surface area contributed by atoms with Gasteiger partial charge in [-0.15, -0.1) is 0 Å². The molecule has 0 radical (unpaired) electrons. The fourth-order valence-corrected chi connectivity index (χ4v) is 3.37. The SMILES string of the molecule is O=C(/C=C\c1ccccc1)C[C@H](c1ccccc1)N1CCCCC1. The largest absolute Gasteiger partial charge is 0.296 e. The lowest BCUT2D eigenvalue weighted by molar-refractivity contribution is -0.115. The van der Waals surface area contributed by atoms with Gasteiger partial charge in [0.2, 0.25) is 0 Å². The number of carbonyl (C=O) groups excluding carboxylic acids is 1. The number of hydrogen-bond acceptors (Lipinski definition) is 2. The van der Waals surface area contributed by atoms with E-state index in [0.717, 1.165) is 18.7 Å². The molecule has 0 N–H and O–H groups in total. The average Bonchev–Trinajstić information content (AvgIpc) is 2.67. The van der Waals surface area contributed by atoms with E-state index in [1.165, 1.54) is 24.8 Å². The fourth-order valence-electron chi connectivity index (χ4n) is 3.37. The summed E-state index contributed by atoms with van der Waals surface area (Å²) in [5.41, 5.74) is 2.32. The standard InChI is InChI=1S/C22H25NO/c24-21(15-14-19-10-4-1-5-11-19)18-22(20-12-6-2-7-13-20)23-16-8-3-9-17-23/h1-2,4-7,10-15,22H,3,8-9,16-18H2/b15-14-/t22-/m1/s1. The third kappa shape index (κ3) is 4.65. The van der Waals surface area contributed by atoms with Gasteiger partial charge in [0.25, 0.3) is 0 Å². The minimum atomic E-state index is 0.193. The van der Waals surface area contributed by atoms with Gasteiger partial charge in [-0.3, -0.25) is 9.69 Å². The minimum absolute atomic E-state index is 0.193. The van der Waals surface area contributed by atoms with Gasteiger partial charge in [0.05, 0.1) is 0 Å². The van der Waals surface area contributed by atoms with Gasteiger partial charge in [-0.05, 0) is 43.1 Å². The molecule has 0 bridgehead atoms. The van der Waals surface area contributed by atoms with Gasteiger partial charge in [0, 0.05) is 12.5 Å². The molecule has 2 nitrogen and oxygen atoms in total. The van der Waals surface area contributed by atoms with Crippen molar-refractivity contribution in [3.63, 3.8) is 0 Å². The van der Waals surface area contributed by atoms with E-state index >= 15 is 0 Å². The van der Waals surface area contributed by atoms with Crippen LogP contribution in [0.15, 0.2) is 66.7 Å². The van der Waals surface area contributed by atoms with E-state index in [0.29, 0.717) is 6.42 Å². The van der Waals surface area contributed by atoms with Gasteiger partial charge in [-0.1, -0.05) is 73.2 Å². The number of allylic oxidation sites excluding steroid dienone is 1. The van der Waals surface area contributed by atoms with Crippen molar-refractivity contribution >= 4 is 11.9 Å². The van der Waals surface area contributed by atoms with E-state index < -0.39 is 0 Å². The Hall–Kier alpha value is -2.19. The molecule has 124 valence electrons. The van der Waals surface area contributed by atoms with E-state index in [4.69, 9.17) is 0 Å². The molecule has 1 atom stereocenters. The van der Waals surface area contributed by atoms with Crippen molar-refractivity contribution in [1.29, 1.82) is 0 Å². The molecule has 24 heavy (non-hydrogen) atoms. The second kappa shape index (κ2) is 8.60. The molecule has 0 amide bonds. The molecule has 0 aliphatic carbocycles. The lowest BCUT2D eigenvalue weighted by Gasteiger charge is -2.34. The summed E-state index contributed by atoms with van der Waals surface area (Å²) in [6.07, 6.45) is 7.97. The zero-order valence-electron chi connectivity index (χ0n) is 14.1. The normalized spacial score (nSPS) is 17.0.